The molecule has 0 N–H and O–H groups in total. The van der Waals surface area contributed by atoms with Crippen molar-refractivity contribution in [3.05, 3.63) is 81.3 Å². The van der Waals surface area contributed by atoms with Crippen LogP contribution in [0.5, 0.6) is 0 Å². The molecular formula is C22H12S4. The zero-order valence-electron chi connectivity index (χ0n) is 13.6. The number of fused-ring (bicyclic) bond motifs is 6. The Kier molecular flexibility index (Phi) is 3.61. The lowest BCUT2D eigenvalue weighted by molar-refractivity contribution is 1.32. The van der Waals surface area contributed by atoms with E-state index in [1.54, 1.807) is 0 Å². The van der Waals surface area contributed by atoms with Crippen LogP contribution in [0, 0.1) is 0 Å². The summed E-state index contributed by atoms with van der Waals surface area (Å²) in [5.74, 6) is 0. The highest BCUT2D eigenvalue weighted by Crippen LogP contribution is 2.63. The monoisotopic (exact) mass is 404 g/mol. The molecule has 0 saturated heterocycles. The zero-order chi connectivity index (χ0) is 17.1. The van der Waals surface area contributed by atoms with E-state index in [4.69, 9.17) is 0 Å². The van der Waals surface area contributed by atoms with Crippen molar-refractivity contribution in [2.24, 2.45) is 0 Å². The average molecular weight is 405 g/mol. The summed E-state index contributed by atoms with van der Waals surface area (Å²) in [6.45, 7) is 0. The topological polar surface area (TPSA) is 0 Å². The minimum atomic E-state index is 1.33. The van der Waals surface area contributed by atoms with Gasteiger partial charge in [-0.2, -0.15) is 0 Å². The molecule has 0 atom stereocenters. The van der Waals surface area contributed by atoms with Crippen LogP contribution < -0.4 is 0 Å². The molecule has 0 spiro atoms. The molecule has 2 heterocycles. The average Bonchev–Trinajstić information content (AvgIpc) is 3.32. The normalized spacial score (nSPS) is 18.5. The maximum Gasteiger partial charge on any atom is 0.0706 e. The standard InChI is InChI=1S/C22H12S4/c1-3-7-15-13(5-1)9-11-17-19(15)25-21(23-17)22-24-18-12-10-14-6-2-4-8-16(14)20(18)26-22/h1-12H/b22-21+. The van der Waals surface area contributed by atoms with Crippen LogP contribution in [0.2, 0.25) is 0 Å². The Morgan fingerprint density at radius 1 is 0.423 bits per heavy atom. The minimum absolute atomic E-state index is 1.33. The molecule has 0 fully saturated rings. The Morgan fingerprint density at radius 3 is 1.38 bits per heavy atom. The van der Waals surface area contributed by atoms with Gasteiger partial charge in [-0.05, 0) is 33.7 Å². The van der Waals surface area contributed by atoms with Gasteiger partial charge >= 0.3 is 0 Å². The highest BCUT2D eigenvalue weighted by molar-refractivity contribution is 8.30. The highest BCUT2D eigenvalue weighted by Gasteiger charge is 2.28. The van der Waals surface area contributed by atoms with E-state index in [2.05, 4.69) is 72.8 Å². The smallest absolute Gasteiger partial charge is 0.0706 e. The molecule has 6 rings (SSSR count). The maximum absolute atomic E-state index is 2.27. The molecule has 2 aliphatic heterocycles. The summed E-state index contributed by atoms with van der Waals surface area (Å²) < 4.78 is 2.85. The van der Waals surface area contributed by atoms with Gasteiger partial charge < -0.3 is 0 Å². The van der Waals surface area contributed by atoms with Gasteiger partial charge in [0.25, 0.3) is 0 Å². The predicted octanol–water partition coefficient (Wildman–Crippen LogP) is 8.22. The van der Waals surface area contributed by atoms with Crippen molar-refractivity contribution >= 4 is 68.6 Å². The van der Waals surface area contributed by atoms with Gasteiger partial charge in [0.2, 0.25) is 0 Å². The van der Waals surface area contributed by atoms with Crippen LogP contribution in [-0.4, -0.2) is 0 Å². The van der Waals surface area contributed by atoms with E-state index in [1.165, 1.54) is 49.6 Å². The highest BCUT2D eigenvalue weighted by atomic mass is 32.2. The van der Waals surface area contributed by atoms with Gasteiger partial charge in [0.05, 0.1) is 8.47 Å². The van der Waals surface area contributed by atoms with Crippen molar-refractivity contribution in [1.82, 2.24) is 0 Å². The first-order valence-electron chi connectivity index (χ1n) is 8.36. The zero-order valence-corrected chi connectivity index (χ0v) is 16.8. The van der Waals surface area contributed by atoms with Gasteiger partial charge in [0, 0.05) is 19.6 Å². The maximum atomic E-state index is 2.27. The second kappa shape index (κ2) is 6.03. The summed E-state index contributed by atoms with van der Waals surface area (Å²) >= 11 is 7.73. The Morgan fingerprint density at radius 2 is 0.885 bits per heavy atom. The van der Waals surface area contributed by atoms with Crippen molar-refractivity contribution in [3.8, 4) is 0 Å². The molecule has 4 aromatic rings. The van der Waals surface area contributed by atoms with Gasteiger partial charge in [0.1, 0.15) is 0 Å². The van der Waals surface area contributed by atoms with E-state index in [-0.39, 0.29) is 0 Å². The third kappa shape index (κ3) is 2.36. The molecule has 4 aromatic carbocycles. The fourth-order valence-corrected chi connectivity index (χ4v) is 8.99. The van der Waals surface area contributed by atoms with E-state index >= 15 is 0 Å². The lowest BCUT2D eigenvalue weighted by atomic mass is 10.1. The van der Waals surface area contributed by atoms with Gasteiger partial charge in [-0.1, -0.05) is 108 Å². The number of rotatable bonds is 0. The van der Waals surface area contributed by atoms with E-state index in [9.17, 15) is 0 Å². The van der Waals surface area contributed by atoms with Gasteiger partial charge in [-0.15, -0.1) is 0 Å². The van der Waals surface area contributed by atoms with Crippen LogP contribution in [-0.2, 0) is 0 Å². The lowest BCUT2D eigenvalue weighted by Crippen LogP contribution is -1.76. The molecule has 0 bridgehead atoms. The van der Waals surface area contributed by atoms with Crippen LogP contribution in [0.1, 0.15) is 0 Å². The SMILES string of the molecule is c1ccc2c3c(ccc2c1)S/C(=C1/Sc2ccc4ccccc4c2S1)S3. The molecule has 0 unspecified atom stereocenters. The van der Waals surface area contributed by atoms with Crippen LogP contribution in [0.15, 0.2) is 101 Å². The van der Waals surface area contributed by atoms with Crippen molar-refractivity contribution < 1.29 is 0 Å². The largest absolute Gasteiger partial charge is 0.0797 e. The van der Waals surface area contributed by atoms with Crippen molar-refractivity contribution in [2.75, 3.05) is 0 Å². The first-order chi connectivity index (χ1) is 12.9. The molecule has 4 heteroatoms. The van der Waals surface area contributed by atoms with E-state index in [0.717, 1.165) is 0 Å². The van der Waals surface area contributed by atoms with Gasteiger partial charge in [-0.25, -0.2) is 0 Å². The summed E-state index contributed by atoms with van der Waals surface area (Å²) in [4.78, 5) is 5.60. The Labute approximate surface area is 168 Å². The molecule has 2 aliphatic rings. The first kappa shape index (κ1) is 15.6. The summed E-state index contributed by atoms with van der Waals surface area (Å²) in [7, 11) is 0. The molecule has 26 heavy (non-hydrogen) atoms. The van der Waals surface area contributed by atoms with Crippen LogP contribution in [0.3, 0.4) is 0 Å². The summed E-state index contributed by atoms with van der Waals surface area (Å²) in [5.41, 5.74) is 0. The van der Waals surface area contributed by atoms with Crippen molar-refractivity contribution in [1.29, 1.82) is 0 Å². The second-order valence-corrected chi connectivity index (χ2v) is 10.9. The predicted molar refractivity (Wildman–Crippen MR) is 118 cm³/mol. The first-order valence-corrected chi connectivity index (χ1v) is 11.6. The van der Waals surface area contributed by atoms with Crippen molar-refractivity contribution in [2.45, 2.75) is 19.6 Å². The molecule has 0 radical (unpaired) electrons. The summed E-state index contributed by atoms with van der Waals surface area (Å²) in [6.07, 6.45) is 0. The quantitative estimate of drug-likeness (QED) is 0.289. The Hall–Kier alpha value is -1.46. The summed E-state index contributed by atoms with van der Waals surface area (Å²) in [6, 6.07) is 26.4. The van der Waals surface area contributed by atoms with Gasteiger partial charge in [-0.3, -0.25) is 0 Å². The van der Waals surface area contributed by atoms with E-state index in [1.807, 2.05) is 47.0 Å². The van der Waals surface area contributed by atoms with E-state index in [0.29, 0.717) is 0 Å². The molecular weight excluding hydrogens is 393 g/mol. The lowest BCUT2D eigenvalue weighted by Gasteiger charge is -2.02. The number of benzene rings is 4. The number of thioether (sulfide) groups is 4. The Bertz CT molecular complexity index is 1140. The Balaban J connectivity index is 1.44. The van der Waals surface area contributed by atoms with E-state index < -0.39 is 0 Å². The fourth-order valence-electron chi connectivity index (χ4n) is 3.41. The molecule has 0 aliphatic carbocycles. The molecule has 0 aromatic heterocycles. The van der Waals surface area contributed by atoms with Crippen LogP contribution in [0.25, 0.3) is 21.5 Å². The number of hydrogen-bond donors (Lipinski definition) is 0. The number of hydrogen-bond acceptors (Lipinski definition) is 4. The molecule has 0 amide bonds. The van der Waals surface area contributed by atoms with Crippen LogP contribution in [0.4, 0.5) is 0 Å². The second-order valence-electron chi connectivity index (χ2n) is 6.21. The van der Waals surface area contributed by atoms with Gasteiger partial charge in [0.15, 0.2) is 0 Å². The molecule has 124 valence electrons. The fraction of sp³-hybridized carbons (Fsp3) is 0. The molecule has 0 nitrogen and oxygen atoms in total. The van der Waals surface area contributed by atoms with Crippen LogP contribution >= 0.6 is 47.0 Å². The van der Waals surface area contributed by atoms with Crippen molar-refractivity contribution in [3.63, 3.8) is 0 Å². The third-order valence-corrected chi connectivity index (χ3v) is 10.4. The third-order valence-electron chi connectivity index (χ3n) is 4.65. The minimum Gasteiger partial charge on any atom is -0.0797 e. The molecule has 0 saturated carbocycles. The summed E-state index contributed by atoms with van der Waals surface area (Å²) in [5, 5.41) is 5.39.